The molecule has 2 rings (SSSR count). The third-order valence-electron chi connectivity index (χ3n) is 3.78. The molecule has 2 aliphatic rings. The molecule has 9 nitrogen and oxygen atoms in total. The summed E-state index contributed by atoms with van der Waals surface area (Å²) in [5.41, 5.74) is 0. The number of ether oxygens (including phenoxy) is 3. The molecule has 0 bridgehead atoms. The lowest BCUT2D eigenvalue weighted by Crippen LogP contribution is -2.60. The van der Waals surface area contributed by atoms with Gasteiger partial charge in [-0.2, -0.15) is 11.8 Å². The lowest BCUT2D eigenvalue weighted by molar-refractivity contribution is -0.326. The molecule has 6 N–H and O–H groups in total. The quantitative estimate of drug-likeness (QED) is 0.299. The number of aliphatic hydroxyl groups is 6. The molecule has 0 aromatic rings. The maximum atomic E-state index is 9.96. The van der Waals surface area contributed by atoms with Crippen LogP contribution in [0.2, 0.25) is 0 Å². The zero-order valence-electron chi connectivity index (χ0n) is 11.9. The van der Waals surface area contributed by atoms with Crippen molar-refractivity contribution >= 4 is 11.8 Å². The van der Waals surface area contributed by atoms with E-state index in [1.165, 1.54) is 11.8 Å². The number of aliphatic hydroxyl groups excluding tert-OH is 6. The molecule has 130 valence electrons. The molecule has 9 atom stereocenters. The molecule has 2 fully saturated rings. The first-order valence-corrected chi connectivity index (χ1v) is 8.26. The van der Waals surface area contributed by atoms with E-state index in [1.54, 1.807) is 0 Å². The molecule has 0 aromatic heterocycles. The van der Waals surface area contributed by atoms with Gasteiger partial charge in [0.1, 0.15) is 36.6 Å². The fourth-order valence-electron chi connectivity index (χ4n) is 2.50. The highest BCUT2D eigenvalue weighted by molar-refractivity contribution is 7.98. The van der Waals surface area contributed by atoms with Gasteiger partial charge in [-0.1, -0.05) is 0 Å². The van der Waals surface area contributed by atoms with E-state index >= 15 is 0 Å². The van der Waals surface area contributed by atoms with Gasteiger partial charge in [0.05, 0.1) is 12.7 Å². The summed E-state index contributed by atoms with van der Waals surface area (Å²) in [5.74, 6) is 0.430. The lowest BCUT2D eigenvalue weighted by atomic mass is 9.99. The Balaban J connectivity index is 2.00. The van der Waals surface area contributed by atoms with Gasteiger partial charge in [0, 0.05) is 5.75 Å². The minimum absolute atomic E-state index is 0.430. The highest BCUT2D eigenvalue weighted by Gasteiger charge is 2.49. The Bertz CT molecular complexity index is 359. The van der Waals surface area contributed by atoms with Crippen molar-refractivity contribution in [3.63, 3.8) is 0 Å². The molecule has 2 aliphatic heterocycles. The van der Waals surface area contributed by atoms with Gasteiger partial charge in [-0.25, -0.2) is 0 Å². The third kappa shape index (κ3) is 3.56. The Morgan fingerprint density at radius 3 is 2.14 bits per heavy atom. The van der Waals surface area contributed by atoms with Gasteiger partial charge in [0.2, 0.25) is 0 Å². The van der Waals surface area contributed by atoms with Crippen LogP contribution in [-0.4, -0.2) is 105 Å². The van der Waals surface area contributed by atoms with Gasteiger partial charge in [0.15, 0.2) is 12.6 Å². The summed E-state index contributed by atoms with van der Waals surface area (Å²) in [6.45, 7) is -0.584. The second kappa shape index (κ2) is 7.71. The molecule has 0 amide bonds. The monoisotopic (exact) mass is 342 g/mol. The maximum absolute atomic E-state index is 9.96. The van der Waals surface area contributed by atoms with Gasteiger partial charge in [-0.15, -0.1) is 0 Å². The van der Waals surface area contributed by atoms with Crippen LogP contribution in [0.5, 0.6) is 0 Å². The largest absolute Gasteiger partial charge is 0.394 e. The Hall–Kier alpha value is -0.0100. The molecule has 3 unspecified atom stereocenters. The smallest absolute Gasteiger partial charge is 0.187 e. The predicted molar refractivity (Wildman–Crippen MR) is 73.9 cm³/mol. The molecule has 2 heterocycles. The highest BCUT2D eigenvalue weighted by atomic mass is 32.2. The zero-order chi connectivity index (χ0) is 16.4. The molecule has 0 aromatic carbocycles. The summed E-state index contributed by atoms with van der Waals surface area (Å²) in [7, 11) is 0. The Morgan fingerprint density at radius 2 is 1.55 bits per heavy atom. The van der Waals surface area contributed by atoms with E-state index in [0.717, 1.165) is 0 Å². The summed E-state index contributed by atoms with van der Waals surface area (Å²) >= 11 is 1.41. The van der Waals surface area contributed by atoms with Crippen LogP contribution in [0, 0.1) is 0 Å². The van der Waals surface area contributed by atoms with E-state index in [4.69, 9.17) is 19.3 Å². The SMILES string of the molecule is CSC[C@H]1O[C@@H](OC2[C@H](O)OC(CO)[C@H](O)[C@@H]2O)[C@@H](O)C1O. The molecule has 0 aliphatic carbocycles. The summed E-state index contributed by atoms with van der Waals surface area (Å²) in [4.78, 5) is 0. The summed E-state index contributed by atoms with van der Waals surface area (Å²) in [5, 5.41) is 58.3. The van der Waals surface area contributed by atoms with Crippen LogP contribution in [0.25, 0.3) is 0 Å². The molecule has 0 radical (unpaired) electrons. The molecular weight excluding hydrogens is 320 g/mol. The topological polar surface area (TPSA) is 149 Å². The zero-order valence-corrected chi connectivity index (χ0v) is 12.7. The molecule has 22 heavy (non-hydrogen) atoms. The van der Waals surface area contributed by atoms with Gasteiger partial charge in [-0.05, 0) is 6.26 Å². The van der Waals surface area contributed by atoms with Crippen molar-refractivity contribution in [3.8, 4) is 0 Å². The minimum Gasteiger partial charge on any atom is -0.394 e. The van der Waals surface area contributed by atoms with E-state index in [-0.39, 0.29) is 0 Å². The summed E-state index contributed by atoms with van der Waals surface area (Å²) in [6.07, 6.45) is -9.81. The molecule has 0 spiro atoms. The molecule has 10 heteroatoms. The van der Waals surface area contributed by atoms with Crippen LogP contribution >= 0.6 is 11.8 Å². The van der Waals surface area contributed by atoms with Crippen LogP contribution in [0.3, 0.4) is 0 Å². The Labute approximate surface area is 131 Å². The van der Waals surface area contributed by atoms with Gasteiger partial charge in [-0.3, -0.25) is 0 Å². The molecule has 2 saturated heterocycles. The lowest BCUT2D eigenvalue weighted by Gasteiger charge is -2.40. The van der Waals surface area contributed by atoms with Crippen molar-refractivity contribution in [3.05, 3.63) is 0 Å². The van der Waals surface area contributed by atoms with Crippen LogP contribution in [-0.2, 0) is 14.2 Å². The van der Waals surface area contributed by atoms with E-state index in [2.05, 4.69) is 0 Å². The second-order valence-corrected chi connectivity index (χ2v) is 6.22. The minimum atomic E-state index is -1.62. The summed E-state index contributed by atoms with van der Waals surface area (Å²) in [6, 6.07) is 0. The number of hydrogen-bond donors (Lipinski definition) is 6. The van der Waals surface area contributed by atoms with Gasteiger partial charge in [0.25, 0.3) is 0 Å². The van der Waals surface area contributed by atoms with Crippen molar-refractivity contribution in [2.24, 2.45) is 0 Å². The standard InChI is InChI=1S/C12H22O9S/c1-22-3-5-7(15)9(17)12(20-5)21-10-8(16)6(14)4(2-13)19-11(10)18/h4-18H,2-3H2,1H3/t4?,5-,6+,7?,8+,9+,10?,11-,12+/m1/s1. The van der Waals surface area contributed by atoms with Gasteiger partial charge >= 0.3 is 0 Å². The number of hydrogen-bond acceptors (Lipinski definition) is 10. The molecular formula is C12H22O9S. The van der Waals surface area contributed by atoms with E-state index in [1.807, 2.05) is 6.26 Å². The van der Waals surface area contributed by atoms with Crippen LogP contribution < -0.4 is 0 Å². The first kappa shape index (κ1) is 18.3. The normalized spacial score (nSPS) is 49.5. The van der Waals surface area contributed by atoms with Gasteiger partial charge < -0.3 is 44.8 Å². The van der Waals surface area contributed by atoms with E-state index in [0.29, 0.717) is 5.75 Å². The fourth-order valence-corrected chi connectivity index (χ4v) is 3.11. The Kier molecular flexibility index (Phi) is 6.42. The van der Waals surface area contributed by atoms with Crippen LogP contribution in [0.15, 0.2) is 0 Å². The van der Waals surface area contributed by atoms with E-state index < -0.39 is 61.9 Å². The van der Waals surface area contributed by atoms with Crippen molar-refractivity contribution in [1.29, 1.82) is 0 Å². The maximum Gasteiger partial charge on any atom is 0.187 e. The van der Waals surface area contributed by atoms with Crippen molar-refractivity contribution in [2.45, 2.75) is 55.3 Å². The second-order valence-electron chi connectivity index (χ2n) is 5.31. The van der Waals surface area contributed by atoms with Crippen LogP contribution in [0.1, 0.15) is 0 Å². The van der Waals surface area contributed by atoms with Crippen LogP contribution in [0.4, 0.5) is 0 Å². The summed E-state index contributed by atoms with van der Waals surface area (Å²) < 4.78 is 15.6. The first-order valence-electron chi connectivity index (χ1n) is 6.87. The Morgan fingerprint density at radius 1 is 0.909 bits per heavy atom. The highest BCUT2D eigenvalue weighted by Crippen LogP contribution is 2.29. The van der Waals surface area contributed by atoms with E-state index in [9.17, 15) is 25.5 Å². The number of rotatable bonds is 5. The fraction of sp³-hybridized carbons (Fsp3) is 1.00. The number of thioether (sulfide) groups is 1. The average molecular weight is 342 g/mol. The average Bonchev–Trinajstić information content (AvgIpc) is 2.76. The van der Waals surface area contributed by atoms with Crippen molar-refractivity contribution < 1.29 is 44.8 Å². The molecule has 0 saturated carbocycles. The van der Waals surface area contributed by atoms with Crippen molar-refractivity contribution in [2.75, 3.05) is 18.6 Å². The van der Waals surface area contributed by atoms with Crippen molar-refractivity contribution in [1.82, 2.24) is 0 Å². The predicted octanol–water partition coefficient (Wildman–Crippen LogP) is -3.39. The third-order valence-corrected chi connectivity index (χ3v) is 4.45. The first-order chi connectivity index (χ1) is 10.4.